The van der Waals surface area contributed by atoms with Gasteiger partial charge in [-0.15, -0.1) is 0 Å². The van der Waals surface area contributed by atoms with E-state index in [1.807, 2.05) is 37.3 Å². The van der Waals surface area contributed by atoms with Gasteiger partial charge in [-0.25, -0.2) is 8.42 Å². The summed E-state index contributed by atoms with van der Waals surface area (Å²) in [5.41, 5.74) is 1.47. The molecule has 34 heavy (non-hydrogen) atoms. The Labute approximate surface area is 203 Å². The predicted molar refractivity (Wildman–Crippen MR) is 135 cm³/mol. The molecule has 0 bridgehead atoms. The third-order valence-electron chi connectivity index (χ3n) is 6.30. The number of hydrogen-bond acceptors (Lipinski definition) is 4. The number of rotatable bonds is 11. The highest BCUT2D eigenvalue weighted by molar-refractivity contribution is 7.92. The van der Waals surface area contributed by atoms with Crippen molar-refractivity contribution in [2.75, 3.05) is 23.7 Å². The average Bonchev–Trinajstić information content (AvgIpc) is 3.33. The first-order valence-corrected chi connectivity index (χ1v) is 13.8. The lowest BCUT2D eigenvalue weighted by atomic mass is 10.1. The molecule has 0 saturated heterocycles. The fourth-order valence-electron chi connectivity index (χ4n) is 4.47. The molecular formula is C26H35N3O4S. The van der Waals surface area contributed by atoms with Crippen molar-refractivity contribution in [1.82, 2.24) is 10.2 Å². The molecule has 0 aliphatic heterocycles. The molecule has 1 aliphatic rings. The maximum absolute atomic E-state index is 13.6. The third-order valence-corrected chi connectivity index (χ3v) is 7.44. The Kier molecular flexibility index (Phi) is 9.10. The minimum atomic E-state index is -3.70. The lowest BCUT2D eigenvalue weighted by molar-refractivity contribution is -0.139. The average molecular weight is 486 g/mol. The number of para-hydroxylation sites is 1. The molecule has 1 N–H and O–H groups in total. The van der Waals surface area contributed by atoms with Crippen molar-refractivity contribution < 1.29 is 18.0 Å². The molecule has 1 fully saturated rings. The molecule has 0 spiro atoms. The van der Waals surface area contributed by atoms with Crippen LogP contribution in [0.5, 0.6) is 0 Å². The van der Waals surface area contributed by atoms with Gasteiger partial charge in [-0.1, -0.05) is 68.3 Å². The summed E-state index contributed by atoms with van der Waals surface area (Å²) in [6, 6.07) is 17.8. The van der Waals surface area contributed by atoms with E-state index in [4.69, 9.17) is 0 Å². The second-order valence-corrected chi connectivity index (χ2v) is 10.7. The molecule has 0 aromatic heterocycles. The van der Waals surface area contributed by atoms with Gasteiger partial charge in [0.15, 0.2) is 0 Å². The van der Waals surface area contributed by atoms with Crippen LogP contribution in [-0.4, -0.2) is 56.6 Å². The molecule has 2 aromatic carbocycles. The fraction of sp³-hybridized carbons (Fsp3) is 0.462. The quantitative estimate of drug-likeness (QED) is 0.529. The maximum Gasteiger partial charge on any atom is 0.244 e. The number of carbonyl (C=O) groups is 2. The van der Waals surface area contributed by atoms with Crippen LogP contribution in [0.4, 0.5) is 5.69 Å². The number of nitrogens with one attached hydrogen (secondary N) is 1. The van der Waals surface area contributed by atoms with Gasteiger partial charge in [0.05, 0.1) is 11.9 Å². The van der Waals surface area contributed by atoms with Gasteiger partial charge in [0.25, 0.3) is 0 Å². The Morgan fingerprint density at radius 2 is 1.59 bits per heavy atom. The van der Waals surface area contributed by atoms with Crippen molar-refractivity contribution in [2.45, 2.75) is 57.5 Å². The van der Waals surface area contributed by atoms with Crippen LogP contribution in [0.3, 0.4) is 0 Å². The second kappa shape index (κ2) is 12.0. The van der Waals surface area contributed by atoms with E-state index >= 15 is 0 Å². The van der Waals surface area contributed by atoms with Crippen molar-refractivity contribution in [1.29, 1.82) is 0 Å². The smallest absolute Gasteiger partial charge is 0.244 e. The van der Waals surface area contributed by atoms with Crippen molar-refractivity contribution in [2.24, 2.45) is 0 Å². The number of hydrogen-bond donors (Lipinski definition) is 1. The van der Waals surface area contributed by atoms with Gasteiger partial charge in [0.1, 0.15) is 12.6 Å². The second-order valence-electron chi connectivity index (χ2n) is 8.84. The number of anilines is 1. The first-order valence-electron chi connectivity index (χ1n) is 12.0. The monoisotopic (exact) mass is 485 g/mol. The van der Waals surface area contributed by atoms with Gasteiger partial charge >= 0.3 is 0 Å². The van der Waals surface area contributed by atoms with Crippen LogP contribution < -0.4 is 9.62 Å². The van der Waals surface area contributed by atoms with Crippen LogP contribution in [0.15, 0.2) is 60.7 Å². The molecule has 0 unspecified atom stereocenters. The third kappa shape index (κ3) is 7.06. The summed E-state index contributed by atoms with van der Waals surface area (Å²) in [6.07, 6.45) is 6.21. The zero-order valence-electron chi connectivity index (χ0n) is 20.0. The fourth-order valence-corrected chi connectivity index (χ4v) is 5.32. The molecule has 3 rings (SSSR count). The highest BCUT2D eigenvalue weighted by atomic mass is 32.2. The summed E-state index contributed by atoms with van der Waals surface area (Å²) in [4.78, 5) is 28.3. The van der Waals surface area contributed by atoms with E-state index < -0.39 is 22.0 Å². The van der Waals surface area contributed by atoms with Gasteiger partial charge in [-0.05, 0) is 43.4 Å². The molecule has 2 amide bonds. The number of benzene rings is 2. The zero-order chi connectivity index (χ0) is 24.6. The summed E-state index contributed by atoms with van der Waals surface area (Å²) >= 11 is 0. The van der Waals surface area contributed by atoms with E-state index in [-0.39, 0.29) is 18.5 Å². The van der Waals surface area contributed by atoms with E-state index in [2.05, 4.69) is 5.32 Å². The minimum absolute atomic E-state index is 0.143. The predicted octanol–water partition coefficient (Wildman–Crippen LogP) is 3.36. The van der Waals surface area contributed by atoms with Crippen molar-refractivity contribution in [3.8, 4) is 0 Å². The summed E-state index contributed by atoms with van der Waals surface area (Å²) in [7, 11) is -3.70. The lowest BCUT2D eigenvalue weighted by Crippen LogP contribution is -2.54. The van der Waals surface area contributed by atoms with Crippen LogP contribution in [0.2, 0.25) is 0 Å². The van der Waals surface area contributed by atoms with Gasteiger partial charge in [0, 0.05) is 12.6 Å². The Morgan fingerprint density at radius 3 is 2.15 bits per heavy atom. The van der Waals surface area contributed by atoms with E-state index in [0.717, 1.165) is 41.8 Å². The van der Waals surface area contributed by atoms with Crippen LogP contribution in [-0.2, 0) is 26.0 Å². The van der Waals surface area contributed by atoms with Crippen molar-refractivity contribution in [3.63, 3.8) is 0 Å². The number of sulfonamides is 1. The Hall–Kier alpha value is -2.87. The topological polar surface area (TPSA) is 86.8 Å². The van der Waals surface area contributed by atoms with Gasteiger partial charge in [0.2, 0.25) is 21.8 Å². The molecule has 0 heterocycles. The molecule has 7 nitrogen and oxygen atoms in total. The van der Waals surface area contributed by atoms with E-state index in [1.165, 1.54) is 0 Å². The standard InChI is InChI=1S/C26H35N3O4S/c1-3-24(26(31)27-22-14-10-11-15-22)28(19-18-21-12-6-4-7-13-21)25(30)20-29(34(2,32)33)23-16-8-5-9-17-23/h4-9,12-13,16-17,22,24H,3,10-11,14-15,18-20H2,1-2H3,(H,27,31)/t24-/m0/s1. The molecule has 1 atom stereocenters. The Bertz CT molecular complexity index is 1040. The number of nitrogens with zero attached hydrogens (tertiary/aromatic N) is 2. The molecule has 0 radical (unpaired) electrons. The number of carbonyl (C=O) groups excluding carboxylic acids is 2. The highest BCUT2D eigenvalue weighted by Crippen LogP contribution is 2.20. The molecular weight excluding hydrogens is 450 g/mol. The summed E-state index contributed by atoms with van der Waals surface area (Å²) in [5.74, 6) is -0.556. The molecule has 2 aromatic rings. The zero-order valence-corrected chi connectivity index (χ0v) is 20.8. The molecule has 1 saturated carbocycles. The summed E-state index contributed by atoms with van der Waals surface area (Å²) in [5, 5.41) is 3.11. The Balaban J connectivity index is 1.84. The summed E-state index contributed by atoms with van der Waals surface area (Å²) < 4.78 is 26.2. The van der Waals surface area contributed by atoms with Crippen LogP contribution in [0.1, 0.15) is 44.6 Å². The lowest BCUT2D eigenvalue weighted by Gasteiger charge is -2.33. The van der Waals surface area contributed by atoms with Crippen molar-refractivity contribution in [3.05, 3.63) is 66.2 Å². The molecule has 184 valence electrons. The summed E-state index contributed by atoms with van der Waals surface area (Å²) in [6.45, 7) is 1.85. The van der Waals surface area contributed by atoms with E-state index in [9.17, 15) is 18.0 Å². The van der Waals surface area contributed by atoms with E-state index in [0.29, 0.717) is 25.1 Å². The van der Waals surface area contributed by atoms with Crippen LogP contribution in [0.25, 0.3) is 0 Å². The number of amides is 2. The Morgan fingerprint density at radius 1 is 1.00 bits per heavy atom. The van der Waals surface area contributed by atoms with Gasteiger partial charge in [-0.2, -0.15) is 0 Å². The van der Waals surface area contributed by atoms with Crippen molar-refractivity contribution >= 4 is 27.5 Å². The first kappa shape index (κ1) is 25.7. The minimum Gasteiger partial charge on any atom is -0.352 e. The molecule has 1 aliphatic carbocycles. The van der Waals surface area contributed by atoms with E-state index in [1.54, 1.807) is 35.2 Å². The van der Waals surface area contributed by atoms with Gasteiger partial charge in [-0.3, -0.25) is 13.9 Å². The maximum atomic E-state index is 13.6. The van der Waals surface area contributed by atoms with Gasteiger partial charge < -0.3 is 10.2 Å². The normalized spacial score (nSPS) is 15.0. The highest BCUT2D eigenvalue weighted by Gasteiger charge is 2.32. The first-order chi connectivity index (χ1) is 16.3. The van der Waals surface area contributed by atoms with Crippen LogP contribution in [0, 0.1) is 0 Å². The SMILES string of the molecule is CC[C@@H](C(=O)NC1CCCC1)N(CCc1ccccc1)C(=O)CN(c1ccccc1)S(C)(=O)=O. The largest absolute Gasteiger partial charge is 0.352 e. The van der Waals surface area contributed by atoms with Crippen LogP contribution >= 0.6 is 0 Å². The molecule has 8 heteroatoms.